The van der Waals surface area contributed by atoms with Crippen LogP contribution in [-0.4, -0.2) is 37.6 Å². The largest absolute Gasteiger partial charge is 0.416 e. The van der Waals surface area contributed by atoms with Crippen LogP contribution in [0.15, 0.2) is 59.5 Å². The van der Waals surface area contributed by atoms with Gasteiger partial charge in [-0.25, -0.2) is 8.42 Å². The van der Waals surface area contributed by atoms with Gasteiger partial charge in [-0.15, -0.1) is 0 Å². The minimum atomic E-state index is -4.39. The van der Waals surface area contributed by atoms with Gasteiger partial charge in [0.05, 0.1) is 16.2 Å². The summed E-state index contributed by atoms with van der Waals surface area (Å²) in [5, 5.41) is 0. The molecule has 29 heavy (non-hydrogen) atoms. The SMILES string of the molecule is O=C(CCc1ccc(C(F)(F)F)cc1)N1CCCC1CS(=O)(=O)c1ccccc1. The first kappa shape index (κ1) is 21.4. The Balaban J connectivity index is 1.60. The maximum atomic E-state index is 12.6. The third kappa shape index (κ3) is 5.38. The lowest BCUT2D eigenvalue weighted by Gasteiger charge is -2.25. The van der Waals surface area contributed by atoms with Crippen LogP contribution >= 0.6 is 0 Å². The van der Waals surface area contributed by atoms with Gasteiger partial charge in [0.15, 0.2) is 9.84 Å². The molecule has 1 heterocycles. The Hall–Kier alpha value is -2.35. The number of hydrogen-bond acceptors (Lipinski definition) is 3. The van der Waals surface area contributed by atoms with Crippen LogP contribution in [0.25, 0.3) is 0 Å². The van der Waals surface area contributed by atoms with Crippen LogP contribution in [0.2, 0.25) is 0 Å². The quantitative estimate of drug-likeness (QED) is 0.700. The Morgan fingerprint density at radius 3 is 2.31 bits per heavy atom. The smallest absolute Gasteiger partial charge is 0.339 e. The van der Waals surface area contributed by atoms with Crippen molar-refractivity contribution in [3.05, 3.63) is 65.7 Å². The number of sulfone groups is 1. The van der Waals surface area contributed by atoms with Crippen LogP contribution < -0.4 is 0 Å². The molecule has 156 valence electrons. The summed E-state index contributed by atoms with van der Waals surface area (Å²) >= 11 is 0. The molecule has 0 aromatic heterocycles. The van der Waals surface area contributed by atoms with E-state index < -0.39 is 21.6 Å². The van der Waals surface area contributed by atoms with Gasteiger partial charge in [0.25, 0.3) is 0 Å². The van der Waals surface area contributed by atoms with E-state index in [0.29, 0.717) is 24.9 Å². The second kappa shape index (κ2) is 8.57. The molecule has 2 aromatic rings. The molecular formula is C21H22F3NO3S. The number of alkyl halides is 3. The molecule has 0 spiro atoms. The van der Waals surface area contributed by atoms with Gasteiger partial charge < -0.3 is 4.90 Å². The lowest BCUT2D eigenvalue weighted by atomic mass is 10.1. The summed E-state index contributed by atoms with van der Waals surface area (Å²) in [6.45, 7) is 0.501. The molecular weight excluding hydrogens is 403 g/mol. The highest BCUT2D eigenvalue weighted by atomic mass is 32.2. The number of aryl methyl sites for hydroxylation is 1. The molecule has 4 nitrogen and oxygen atoms in total. The summed E-state index contributed by atoms with van der Waals surface area (Å²) in [5.74, 6) is -0.293. The molecule has 1 atom stereocenters. The average Bonchev–Trinajstić information content (AvgIpc) is 3.14. The number of carbonyl (C=O) groups excluding carboxylic acids is 1. The molecule has 1 aliphatic rings. The predicted octanol–water partition coefficient (Wildman–Crippen LogP) is 4.10. The third-order valence-electron chi connectivity index (χ3n) is 5.12. The highest BCUT2D eigenvalue weighted by molar-refractivity contribution is 7.91. The number of carbonyl (C=O) groups is 1. The van der Waals surface area contributed by atoms with E-state index in [1.54, 1.807) is 35.2 Å². The van der Waals surface area contributed by atoms with Crippen molar-refractivity contribution in [2.75, 3.05) is 12.3 Å². The van der Waals surface area contributed by atoms with E-state index >= 15 is 0 Å². The van der Waals surface area contributed by atoms with Crippen LogP contribution in [0, 0.1) is 0 Å². The van der Waals surface area contributed by atoms with Crippen LogP contribution in [-0.2, 0) is 27.2 Å². The topological polar surface area (TPSA) is 54.5 Å². The van der Waals surface area contributed by atoms with Crippen molar-refractivity contribution in [3.63, 3.8) is 0 Å². The van der Waals surface area contributed by atoms with Gasteiger partial charge in [0.2, 0.25) is 5.91 Å². The molecule has 8 heteroatoms. The molecule has 1 saturated heterocycles. The Morgan fingerprint density at radius 1 is 1.03 bits per heavy atom. The van der Waals surface area contributed by atoms with Gasteiger partial charge in [0.1, 0.15) is 0 Å². The van der Waals surface area contributed by atoms with E-state index in [2.05, 4.69) is 0 Å². The lowest BCUT2D eigenvalue weighted by Crippen LogP contribution is -2.39. The van der Waals surface area contributed by atoms with Crippen molar-refractivity contribution in [3.8, 4) is 0 Å². The van der Waals surface area contributed by atoms with Gasteiger partial charge >= 0.3 is 6.18 Å². The van der Waals surface area contributed by atoms with E-state index in [4.69, 9.17) is 0 Å². The first-order valence-corrected chi connectivity index (χ1v) is 11.1. The monoisotopic (exact) mass is 425 g/mol. The van der Waals surface area contributed by atoms with Crippen molar-refractivity contribution in [2.24, 2.45) is 0 Å². The number of hydrogen-bond donors (Lipinski definition) is 0. The van der Waals surface area contributed by atoms with Crippen LogP contribution in [0.3, 0.4) is 0 Å². The third-order valence-corrected chi connectivity index (χ3v) is 6.93. The van der Waals surface area contributed by atoms with Crippen molar-refractivity contribution >= 4 is 15.7 Å². The van der Waals surface area contributed by atoms with E-state index in [-0.39, 0.29) is 29.0 Å². The first-order valence-electron chi connectivity index (χ1n) is 9.40. The number of rotatable bonds is 6. The van der Waals surface area contributed by atoms with Crippen molar-refractivity contribution in [1.29, 1.82) is 0 Å². The first-order chi connectivity index (χ1) is 13.7. The Morgan fingerprint density at radius 2 is 1.69 bits per heavy atom. The van der Waals surface area contributed by atoms with Gasteiger partial charge in [0, 0.05) is 19.0 Å². The summed E-state index contributed by atoms with van der Waals surface area (Å²) in [6, 6.07) is 12.5. The summed E-state index contributed by atoms with van der Waals surface area (Å²) in [6.07, 6.45) is -2.58. The van der Waals surface area contributed by atoms with Crippen molar-refractivity contribution in [1.82, 2.24) is 4.90 Å². The number of benzene rings is 2. The summed E-state index contributed by atoms with van der Waals surface area (Å²) in [7, 11) is -3.50. The standard InChI is InChI=1S/C21H22F3NO3S/c22-21(23,24)17-11-8-16(9-12-17)10-13-20(26)25-14-4-5-18(25)15-29(27,28)19-6-2-1-3-7-19/h1-3,6-9,11-12,18H,4-5,10,13-15H2. The van der Waals surface area contributed by atoms with E-state index in [0.717, 1.165) is 18.6 Å². The second-order valence-electron chi connectivity index (χ2n) is 7.17. The Kier molecular flexibility index (Phi) is 6.31. The molecule has 1 fully saturated rings. The molecule has 1 aliphatic heterocycles. The second-order valence-corrected chi connectivity index (χ2v) is 9.21. The Labute approximate surface area is 168 Å². The summed E-state index contributed by atoms with van der Waals surface area (Å²) < 4.78 is 63.1. The minimum Gasteiger partial charge on any atom is -0.339 e. The average molecular weight is 425 g/mol. The van der Waals surface area contributed by atoms with E-state index in [9.17, 15) is 26.4 Å². The molecule has 0 saturated carbocycles. The van der Waals surface area contributed by atoms with Crippen LogP contribution in [0.5, 0.6) is 0 Å². The van der Waals surface area contributed by atoms with Gasteiger partial charge in [-0.3, -0.25) is 4.79 Å². The maximum Gasteiger partial charge on any atom is 0.416 e. The van der Waals surface area contributed by atoms with E-state index in [1.807, 2.05) is 0 Å². The fourth-order valence-electron chi connectivity index (χ4n) is 3.57. The highest BCUT2D eigenvalue weighted by Gasteiger charge is 2.33. The maximum absolute atomic E-state index is 12.6. The predicted molar refractivity (Wildman–Crippen MR) is 103 cm³/mol. The normalized spacial score (nSPS) is 17.5. The molecule has 0 bridgehead atoms. The molecule has 1 amide bonds. The van der Waals surface area contributed by atoms with Gasteiger partial charge in [-0.05, 0) is 49.1 Å². The molecule has 0 radical (unpaired) electrons. The highest BCUT2D eigenvalue weighted by Crippen LogP contribution is 2.29. The zero-order chi connectivity index (χ0) is 21.1. The molecule has 3 rings (SSSR count). The molecule has 1 unspecified atom stereocenters. The fourth-order valence-corrected chi connectivity index (χ4v) is 5.19. The van der Waals surface area contributed by atoms with Crippen LogP contribution in [0.1, 0.15) is 30.4 Å². The summed E-state index contributed by atoms with van der Waals surface area (Å²) in [5.41, 5.74) is -0.0858. The van der Waals surface area contributed by atoms with Gasteiger partial charge in [-0.1, -0.05) is 30.3 Å². The van der Waals surface area contributed by atoms with Crippen molar-refractivity contribution in [2.45, 2.75) is 42.8 Å². The zero-order valence-electron chi connectivity index (χ0n) is 15.7. The van der Waals surface area contributed by atoms with Gasteiger partial charge in [-0.2, -0.15) is 13.2 Å². The number of nitrogens with zero attached hydrogens (tertiary/aromatic N) is 1. The fraction of sp³-hybridized carbons (Fsp3) is 0.381. The van der Waals surface area contributed by atoms with Crippen molar-refractivity contribution < 1.29 is 26.4 Å². The van der Waals surface area contributed by atoms with E-state index in [1.165, 1.54) is 12.1 Å². The molecule has 0 aliphatic carbocycles. The molecule has 0 N–H and O–H groups in total. The summed E-state index contributed by atoms with van der Waals surface area (Å²) in [4.78, 5) is 14.5. The lowest BCUT2D eigenvalue weighted by molar-refractivity contribution is -0.137. The molecule has 2 aromatic carbocycles. The number of amides is 1. The van der Waals surface area contributed by atoms with Crippen LogP contribution in [0.4, 0.5) is 13.2 Å². The minimum absolute atomic E-state index is 0.122. The number of likely N-dealkylation sites (tertiary alicyclic amines) is 1. The Bertz CT molecular complexity index is 941. The number of halogens is 3. The zero-order valence-corrected chi connectivity index (χ0v) is 16.5.